The molecule has 0 bridgehead atoms. The van der Waals surface area contributed by atoms with Crippen LogP contribution in [0.1, 0.15) is 24.2 Å². The van der Waals surface area contributed by atoms with E-state index in [0.29, 0.717) is 0 Å². The molecule has 0 aliphatic carbocycles. The highest BCUT2D eigenvalue weighted by molar-refractivity contribution is 5.92. The van der Waals surface area contributed by atoms with Gasteiger partial charge in [0.1, 0.15) is 11.3 Å². The van der Waals surface area contributed by atoms with E-state index in [4.69, 9.17) is 9.84 Å². The Balaban J connectivity index is 3.17. The van der Waals surface area contributed by atoms with Crippen LogP contribution in [-0.2, 0) is 0 Å². The summed E-state index contributed by atoms with van der Waals surface area (Å²) in [6.45, 7) is 3.55. The van der Waals surface area contributed by atoms with Crippen molar-refractivity contribution in [3.05, 3.63) is 33.9 Å². The highest BCUT2D eigenvalue weighted by atomic mass is 16.6. The van der Waals surface area contributed by atoms with Gasteiger partial charge in [-0.2, -0.15) is 0 Å². The lowest BCUT2D eigenvalue weighted by molar-refractivity contribution is -0.385. The van der Waals surface area contributed by atoms with Gasteiger partial charge in [-0.1, -0.05) is 0 Å². The van der Waals surface area contributed by atoms with Crippen LogP contribution < -0.4 is 4.74 Å². The summed E-state index contributed by atoms with van der Waals surface area (Å²) in [7, 11) is 0. The molecule has 1 N–H and O–H groups in total. The van der Waals surface area contributed by atoms with Gasteiger partial charge in [0, 0.05) is 0 Å². The first-order valence-corrected chi connectivity index (χ1v) is 4.60. The highest BCUT2D eigenvalue weighted by Gasteiger charge is 2.20. The van der Waals surface area contributed by atoms with E-state index in [0.717, 1.165) is 12.1 Å². The maximum atomic E-state index is 10.7. The maximum absolute atomic E-state index is 10.7. The van der Waals surface area contributed by atoms with E-state index in [1.54, 1.807) is 13.8 Å². The van der Waals surface area contributed by atoms with E-state index in [-0.39, 0.29) is 17.4 Å². The molecule has 0 radical (unpaired) electrons. The molecular formula is C10H11NO5. The SMILES string of the molecule is CC(C)Oc1ccc(C(=O)O)c([N+](=O)[O-])c1. The average molecular weight is 225 g/mol. The van der Waals surface area contributed by atoms with Crippen LogP contribution in [0.5, 0.6) is 5.75 Å². The zero-order chi connectivity index (χ0) is 12.3. The number of carbonyl (C=O) groups is 1. The van der Waals surface area contributed by atoms with Gasteiger partial charge in [0.15, 0.2) is 0 Å². The van der Waals surface area contributed by atoms with E-state index >= 15 is 0 Å². The zero-order valence-electron chi connectivity index (χ0n) is 8.84. The number of hydrogen-bond acceptors (Lipinski definition) is 4. The van der Waals surface area contributed by atoms with E-state index in [9.17, 15) is 14.9 Å². The number of nitro benzene ring substituents is 1. The van der Waals surface area contributed by atoms with Crippen molar-refractivity contribution in [2.45, 2.75) is 20.0 Å². The van der Waals surface area contributed by atoms with Gasteiger partial charge in [0.25, 0.3) is 5.69 Å². The second-order valence-electron chi connectivity index (χ2n) is 3.41. The second-order valence-corrected chi connectivity index (χ2v) is 3.41. The van der Waals surface area contributed by atoms with E-state index < -0.39 is 16.6 Å². The summed E-state index contributed by atoms with van der Waals surface area (Å²) < 4.78 is 5.24. The largest absolute Gasteiger partial charge is 0.491 e. The summed E-state index contributed by atoms with van der Waals surface area (Å²) in [5.41, 5.74) is -0.813. The summed E-state index contributed by atoms with van der Waals surface area (Å²) in [5.74, 6) is -1.05. The fourth-order valence-electron chi connectivity index (χ4n) is 1.19. The molecule has 0 unspecified atom stereocenters. The van der Waals surface area contributed by atoms with Crippen molar-refractivity contribution in [1.29, 1.82) is 0 Å². The van der Waals surface area contributed by atoms with Crippen molar-refractivity contribution >= 4 is 11.7 Å². The summed E-state index contributed by atoms with van der Waals surface area (Å²) in [5, 5.41) is 19.4. The van der Waals surface area contributed by atoms with Crippen LogP contribution in [-0.4, -0.2) is 22.1 Å². The quantitative estimate of drug-likeness (QED) is 0.625. The molecule has 86 valence electrons. The van der Waals surface area contributed by atoms with Gasteiger partial charge in [0.2, 0.25) is 0 Å². The smallest absolute Gasteiger partial charge is 0.342 e. The van der Waals surface area contributed by atoms with Crippen LogP contribution in [0.3, 0.4) is 0 Å². The number of aromatic carboxylic acids is 1. The van der Waals surface area contributed by atoms with Crippen LogP contribution in [0.15, 0.2) is 18.2 Å². The minimum absolute atomic E-state index is 0.129. The Morgan fingerprint density at radius 1 is 1.50 bits per heavy atom. The van der Waals surface area contributed by atoms with Crippen LogP contribution in [0.4, 0.5) is 5.69 Å². The number of hydrogen-bond donors (Lipinski definition) is 1. The van der Waals surface area contributed by atoms with E-state index in [1.807, 2.05) is 0 Å². The molecule has 0 saturated heterocycles. The topological polar surface area (TPSA) is 89.7 Å². The summed E-state index contributed by atoms with van der Waals surface area (Å²) >= 11 is 0. The molecule has 0 aliphatic heterocycles. The minimum Gasteiger partial charge on any atom is -0.491 e. The standard InChI is InChI=1S/C10H11NO5/c1-6(2)16-7-3-4-8(10(12)13)9(5-7)11(14)15/h3-6H,1-2H3,(H,12,13). The monoisotopic (exact) mass is 225 g/mol. The van der Waals surface area contributed by atoms with Crippen molar-refractivity contribution in [1.82, 2.24) is 0 Å². The number of nitro groups is 1. The Hall–Kier alpha value is -2.11. The predicted molar refractivity (Wildman–Crippen MR) is 55.8 cm³/mol. The Labute approximate surface area is 91.6 Å². The van der Waals surface area contributed by atoms with Gasteiger partial charge in [-0.3, -0.25) is 10.1 Å². The number of nitrogens with zero attached hydrogens (tertiary/aromatic N) is 1. The molecule has 6 heteroatoms. The molecule has 0 amide bonds. The van der Waals surface area contributed by atoms with Gasteiger partial charge < -0.3 is 9.84 Å². The van der Waals surface area contributed by atoms with Crippen LogP contribution in [0.2, 0.25) is 0 Å². The average Bonchev–Trinajstić information content (AvgIpc) is 2.16. The molecular weight excluding hydrogens is 214 g/mol. The third-order valence-corrected chi connectivity index (χ3v) is 1.77. The fourth-order valence-corrected chi connectivity index (χ4v) is 1.19. The van der Waals surface area contributed by atoms with E-state index in [2.05, 4.69) is 0 Å². The van der Waals surface area contributed by atoms with E-state index in [1.165, 1.54) is 6.07 Å². The first-order chi connectivity index (χ1) is 7.41. The van der Waals surface area contributed by atoms with Crippen LogP contribution >= 0.6 is 0 Å². The molecule has 0 heterocycles. The third kappa shape index (κ3) is 2.69. The molecule has 16 heavy (non-hydrogen) atoms. The van der Waals surface area contributed by atoms with Crippen molar-refractivity contribution in [2.24, 2.45) is 0 Å². The number of ether oxygens (including phenoxy) is 1. The number of carboxylic acids is 1. The Morgan fingerprint density at radius 2 is 2.12 bits per heavy atom. The summed E-state index contributed by atoms with van der Waals surface area (Å²) in [4.78, 5) is 20.6. The molecule has 1 aromatic rings. The number of benzene rings is 1. The lowest BCUT2D eigenvalue weighted by atomic mass is 10.1. The highest BCUT2D eigenvalue weighted by Crippen LogP contribution is 2.25. The van der Waals surface area contributed by atoms with Crippen LogP contribution in [0.25, 0.3) is 0 Å². The molecule has 0 aliphatic rings. The molecule has 1 aromatic carbocycles. The first kappa shape index (κ1) is 12.0. The first-order valence-electron chi connectivity index (χ1n) is 4.60. The molecule has 6 nitrogen and oxygen atoms in total. The van der Waals surface area contributed by atoms with Crippen molar-refractivity contribution < 1.29 is 19.6 Å². The van der Waals surface area contributed by atoms with Crippen LogP contribution in [0, 0.1) is 10.1 Å². The molecule has 1 rings (SSSR count). The van der Waals surface area contributed by atoms with Crippen molar-refractivity contribution in [3.8, 4) is 5.75 Å². The minimum atomic E-state index is -1.33. The Kier molecular flexibility index (Phi) is 3.44. The maximum Gasteiger partial charge on any atom is 0.342 e. The normalized spacial score (nSPS) is 10.2. The zero-order valence-corrected chi connectivity index (χ0v) is 8.84. The molecule has 0 fully saturated rings. The molecule has 0 aromatic heterocycles. The number of carboxylic acid groups (broad SMARTS) is 1. The molecule has 0 spiro atoms. The van der Waals surface area contributed by atoms with Gasteiger partial charge in [-0.05, 0) is 26.0 Å². The lowest BCUT2D eigenvalue weighted by Crippen LogP contribution is -2.07. The Bertz CT molecular complexity index is 427. The number of rotatable bonds is 4. The lowest BCUT2D eigenvalue weighted by Gasteiger charge is -2.09. The molecule has 0 saturated carbocycles. The summed E-state index contributed by atoms with van der Waals surface area (Å²) in [6, 6.07) is 3.68. The third-order valence-electron chi connectivity index (χ3n) is 1.77. The Morgan fingerprint density at radius 3 is 2.56 bits per heavy atom. The van der Waals surface area contributed by atoms with Crippen molar-refractivity contribution in [2.75, 3.05) is 0 Å². The summed E-state index contributed by atoms with van der Waals surface area (Å²) in [6.07, 6.45) is -0.129. The van der Waals surface area contributed by atoms with Gasteiger partial charge in [0.05, 0.1) is 17.1 Å². The van der Waals surface area contributed by atoms with Gasteiger partial charge in [-0.15, -0.1) is 0 Å². The van der Waals surface area contributed by atoms with Crippen molar-refractivity contribution in [3.63, 3.8) is 0 Å². The van der Waals surface area contributed by atoms with Gasteiger partial charge >= 0.3 is 5.97 Å². The van der Waals surface area contributed by atoms with Gasteiger partial charge in [-0.25, -0.2) is 4.79 Å². The predicted octanol–water partition coefficient (Wildman–Crippen LogP) is 2.08. The molecule has 0 atom stereocenters. The second kappa shape index (κ2) is 4.61. The fraction of sp³-hybridized carbons (Fsp3) is 0.300.